The summed E-state index contributed by atoms with van der Waals surface area (Å²) >= 11 is 0. The van der Waals surface area contributed by atoms with Gasteiger partial charge in [-0.1, -0.05) is 18.2 Å². The van der Waals surface area contributed by atoms with Gasteiger partial charge < -0.3 is 10.0 Å². The van der Waals surface area contributed by atoms with Gasteiger partial charge in [0.1, 0.15) is 0 Å². The van der Waals surface area contributed by atoms with Crippen molar-refractivity contribution < 1.29 is 14.7 Å². The van der Waals surface area contributed by atoms with E-state index in [-0.39, 0.29) is 19.0 Å². The van der Waals surface area contributed by atoms with Gasteiger partial charge in [-0.05, 0) is 0 Å². The fourth-order valence-electron chi connectivity index (χ4n) is 1.44. The van der Waals surface area contributed by atoms with Gasteiger partial charge in [0, 0.05) is 19.6 Å². The minimum absolute atomic E-state index is 0.0417. The second-order valence-corrected chi connectivity index (χ2v) is 3.73. The van der Waals surface area contributed by atoms with Gasteiger partial charge in [0.2, 0.25) is 5.91 Å². The maximum Gasteiger partial charge on any atom is 0.317 e. The van der Waals surface area contributed by atoms with Crippen molar-refractivity contribution in [3.05, 3.63) is 38.0 Å². The Bertz CT molecular complexity index is 316. The molecule has 0 saturated heterocycles. The Balaban J connectivity index is 4.51. The molecule has 0 saturated carbocycles. The predicted octanol–water partition coefficient (Wildman–Crippen LogP) is 0.760. The zero-order valence-corrected chi connectivity index (χ0v) is 10.5. The highest BCUT2D eigenvalue weighted by atomic mass is 16.4. The second kappa shape index (κ2) is 9.18. The van der Waals surface area contributed by atoms with Crippen molar-refractivity contribution in [2.75, 3.05) is 32.7 Å². The summed E-state index contributed by atoms with van der Waals surface area (Å²) in [4.78, 5) is 25.7. The molecule has 0 aromatic rings. The first-order valence-electron chi connectivity index (χ1n) is 5.59. The number of aliphatic carboxylic acids is 1. The first kappa shape index (κ1) is 16.1. The minimum atomic E-state index is -0.969. The number of nitrogens with zero attached hydrogens (tertiary/aromatic N) is 2. The van der Waals surface area contributed by atoms with Gasteiger partial charge in [-0.2, -0.15) is 0 Å². The third-order valence-corrected chi connectivity index (χ3v) is 2.16. The Kier molecular flexibility index (Phi) is 8.22. The lowest BCUT2D eigenvalue weighted by atomic mass is 10.3. The molecule has 1 amide bonds. The number of hydrogen-bond donors (Lipinski definition) is 1. The summed E-state index contributed by atoms with van der Waals surface area (Å²) in [5.41, 5.74) is 0. The zero-order valence-electron chi connectivity index (χ0n) is 10.5. The summed E-state index contributed by atoms with van der Waals surface area (Å²) in [6.45, 7) is 11.7. The van der Waals surface area contributed by atoms with Gasteiger partial charge in [-0.25, -0.2) is 0 Å². The first-order valence-corrected chi connectivity index (χ1v) is 5.59. The number of amides is 1. The smallest absolute Gasteiger partial charge is 0.317 e. The molecule has 0 unspecified atom stereocenters. The largest absolute Gasteiger partial charge is 0.480 e. The van der Waals surface area contributed by atoms with Crippen LogP contribution in [0.5, 0.6) is 0 Å². The zero-order chi connectivity index (χ0) is 14.0. The molecule has 0 aliphatic heterocycles. The summed E-state index contributed by atoms with van der Waals surface area (Å²) in [6, 6.07) is 0. The quantitative estimate of drug-likeness (QED) is 0.583. The van der Waals surface area contributed by atoms with Crippen LogP contribution in [0.3, 0.4) is 0 Å². The first-order chi connectivity index (χ1) is 8.54. The number of carboxylic acids is 1. The maximum atomic E-state index is 12.0. The molecule has 0 atom stereocenters. The summed E-state index contributed by atoms with van der Waals surface area (Å²) in [6.07, 6.45) is 4.81. The highest BCUT2D eigenvalue weighted by Crippen LogP contribution is 1.96. The highest BCUT2D eigenvalue weighted by molar-refractivity contribution is 5.79. The topological polar surface area (TPSA) is 60.9 Å². The van der Waals surface area contributed by atoms with Crippen molar-refractivity contribution in [2.45, 2.75) is 0 Å². The molecule has 0 spiro atoms. The summed E-state index contributed by atoms with van der Waals surface area (Å²) in [5.74, 6) is -1.12. The van der Waals surface area contributed by atoms with Crippen LogP contribution < -0.4 is 0 Å². The number of hydrogen-bond acceptors (Lipinski definition) is 3. The van der Waals surface area contributed by atoms with Crippen molar-refractivity contribution in [3.8, 4) is 0 Å². The summed E-state index contributed by atoms with van der Waals surface area (Å²) in [7, 11) is 0. The molecule has 0 bridgehead atoms. The maximum absolute atomic E-state index is 12.0. The van der Waals surface area contributed by atoms with Crippen molar-refractivity contribution >= 4 is 11.9 Å². The van der Waals surface area contributed by atoms with Gasteiger partial charge >= 0.3 is 5.97 Å². The fraction of sp³-hybridized carbons (Fsp3) is 0.385. The fourth-order valence-corrected chi connectivity index (χ4v) is 1.44. The van der Waals surface area contributed by atoms with E-state index >= 15 is 0 Å². The normalized spacial score (nSPS) is 9.83. The summed E-state index contributed by atoms with van der Waals surface area (Å²) in [5, 5.41) is 8.74. The minimum Gasteiger partial charge on any atom is -0.480 e. The van der Waals surface area contributed by atoms with Crippen molar-refractivity contribution in [2.24, 2.45) is 0 Å². The van der Waals surface area contributed by atoms with Crippen LogP contribution in [0.15, 0.2) is 38.0 Å². The Morgan fingerprint density at radius 2 is 1.44 bits per heavy atom. The van der Waals surface area contributed by atoms with Gasteiger partial charge in [0.25, 0.3) is 0 Å². The van der Waals surface area contributed by atoms with Crippen LogP contribution in [0, 0.1) is 0 Å². The van der Waals surface area contributed by atoms with E-state index < -0.39 is 5.97 Å². The van der Waals surface area contributed by atoms with Crippen LogP contribution in [0.2, 0.25) is 0 Å². The van der Waals surface area contributed by atoms with Crippen LogP contribution in [0.4, 0.5) is 0 Å². The van der Waals surface area contributed by atoms with Gasteiger partial charge in [0.15, 0.2) is 0 Å². The number of carbonyl (C=O) groups excluding carboxylic acids is 1. The Morgan fingerprint density at radius 1 is 0.944 bits per heavy atom. The molecule has 0 aromatic carbocycles. The number of carbonyl (C=O) groups is 2. The van der Waals surface area contributed by atoms with E-state index in [0.717, 1.165) is 0 Å². The molecule has 5 nitrogen and oxygen atoms in total. The predicted molar refractivity (Wildman–Crippen MR) is 71.2 cm³/mol. The molecule has 0 rings (SSSR count). The molecule has 18 heavy (non-hydrogen) atoms. The Labute approximate surface area is 108 Å². The van der Waals surface area contributed by atoms with Crippen LogP contribution >= 0.6 is 0 Å². The lowest BCUT2D eigenvalue weighted by Crippen LogP contribution is -2.42. The monoisotopic (exact) mass is 252 g/mol. The van der Waals surface area contributed by atoms with Crippen LogP contribution in [-0.4, -0.2) is 59.5 Å². The van der Waals surface area contributed by atoms with E-state index in [1.54, 1.807) is 23.1 Å². The molecular weight excluding hydrogens is 232 g/mol. The number of carboxylic acid groups (broad SMARTS) is 1. The standard InChI is InChI=1S/C13H20N2O3/c1-4-7-14(11-13(17)18)10-12(16)15(8-5-2)9-6-3/h4-6H,1-3,7-11H2,(H,17,18). The average Bonchev–Trinajstić information content (AvgIpc) is 2.28. The van der Waals surface area contributed by atoms with E-state index in [1.165, 1.54) is 4.90 Å². The van der Waals surface area contributed by atoms with Gasteiger partial charge in [-0.3, -0.25) is 14.5 Å². The van der Waals surface area contributed by atoms with Crippen LogP contribution in [0.25, 0.3) is 0 Å². The molecule has 0 aliphatic carbocycles. The molecule has 5 heteroatoms. The molecule has 0 aromatic heterocycles. The van der Waals surface area contributed by atoms with Crippen LogP contribution in [0.1, 0.15) is 0 Å². The van der Waals surface area contributed by atoms with E-state index in [4.69, 9.17) is 5.11 Å². The van der Waals surface area contributed by atoms with Crippen molar-refractivity contribution in [1.29, 1.82) is 0 Å². The second-order valence-electron chi connectivity index (χ2n) is 3.73. The summed E-state index contributed by atoms with van der Waals surface area (Å²) < 4.78 is 0. The van der Waals surface area contributed by atoms with Crippen molar-refractivity contribution in [1.82, 2.24) is 9.80 Å². The van der Waals surface area contributed by atoms with E-state index in [9.17, 15) is 9.59 Å². The Hall–Kier alpha value is -1.88. The van der Waals surface area contributed by atoms with Crippen molar-refractivity contribution in [3.63, 3.8) is 0 Å². The molecule has 1 N–H and O–H groups in total. The molecule has 100 valence electrons. The highest BCUT2D eigenvalue weighted by Gasteiger charge is 2.16. The molecule has 0 radical (unpaired) electrons. The Morgan fingerprint density at radius 3 is 1.83 bits per heavy atom. The van der Waals surface area contributed by atoms with E-state index in [2.05, 4.69) is 19.7 Å². The van der Waals surface area contributed by atoms with E-state index in [1.807, 2.05) is 0 Å². The average molecular weight is 252 g/mol. The number of rotatable bonds is 10. The van der Waals surface area contributed by atoms with Crippen LogP contribution in [-0.2, 0) is 9.59 Å². The third-order valence-electron chi connectivity index (χ3n) is 2.16. The molecule has 0 heterocycles. The molecule has 0 fully saturated rings. The molecule has 0 aliphatic rings. The molecular formula is C13H20N2O3. The lowest BCUT2D eigenvalue weighted by molar-refractivity contribution is -0.139. The SMILES string of the molecule is C=CCN(CC(=O)O)CC(=O)N(CC=C)CC=C. The third kappa shape index (κ3) is 6.65. The van der Waals surface area contributed by atoms with Gasteiger partial charge in [-0.15, -0.1) is 19.7 Å². The van der Waals surface area contributed by atoms with Gasteiger partial charge in [0.05, 0.1) is 13.1 Å². The lowest BCUT2D eigenvalue weighted by Gasteiger charge is -2.24. The van der Waals surface area contributed by atoms with E-state index in [0.29, 0.717) is 19.6 Å².